The lowest BCUT2D eigenvalue weighted by molar-refractivity contribution is -0.141. The Hall–Kier alpha value is -2.38. The molecule has 7 heteroatoms. The van der Waals surface area contributed by atoms with Crippen molar-refractivity contribution in [3.8, 4) is 0 Å². The molecule has 0 aliphatic heterocycles. The maximum atomic E-state index is 12.7. The number of carbonyl (C=O) groups excluding carboxylic acids is 2. The quantitative estimate of drug-likeness (QED) is 0.469. The second-order valence-corrected chi connectivity index (χ2v) is 8.38. The number of nitrogens with zero attached hydrogens (tertiary/aromatic N) is 2. The van der Waals surface area contributed by atoms with Gasteiger partial charge >= 0.3 is 5.97 Å². The Morgan fingerprint density at radius 3 is 2.68 bits per heavy atom. The lowest BCUT2D eigenvalue weighted by Gasteiger charge is -2.05. The van der Waals surface area contributed by atoms with Gasteiger partial charge in [0.15, 0.2) is 4.80 Å². The van der Waals surface area contributed by atoms with Gasteiger partial charge in [-0.05, 0) is 49.4 Å². The molecule has 0 aliphatic rings. The van der Waals surface area contributed by atoms with Crippen LogP contribution in [0.2, 0.25) is 0 Å². The largest absolute Gasteiger partial charge is 0.468 e. The molecule has 3 aromatic rings. The van der Waals surface area contributed by atoms with Gasteiger partial charge in [-0.15, -0.1) is 11.8 Å². The third kappa shape index (κ3) is 4.54. The molecule has 1 aromatic heterocycles. The zero-order chi connectivity index (χ0) is 20.3. The summed E-state index contributed by atoms with van der Waals surface area (Å²) < 4.78 is 7.54. The second-order valence-electron chi connectivity index (χ2n) is 6.49. The van der Waals surface area contributed by atoms with E-state index in [4.69, 9.17) is 4.74 Å². The van der Waals surface area contributed by atoms with Gasteiger partial charge in [-0.1, -0.05) is 35.1 Å². The van der Waals surface area contributed by atoms with Gasteiger partial charge in [0.05, 0.1) is 23.7 Å². The molecule has 0 bridgehead atoms. The number of benzene rings is 2. The average Bonchev–Trinajstić information content (AvgIpc) is 3.00. The topological polar surface area (TPSA) is 60.7 Å². The summed E-state index contributed by atoms with van der Waals surface area (Å²) in [5, 5.41) is 0. The highest BCUT2D eigenvalue weighted by molar-refractivity contribution is 7.98. The highest BCUT2D eigenvalue weighted by Gasteiger charge is 2.13. The van der Waals surface area contributed by atoms with E-state index in [1.54, 1.807) is 16.3 Å². The summed E-state index contributed by atoms with van der Waals surface area (Å²) in [5.74, 6) is -0.610. The maximum absolute atomic E-state index is 12.7. The summed E-state index contributed by atoms with van der Waals surface area (Å²) >= 11 is 3.05. The van der Waals surface area contributed by atoms with Gasteiger partial charge in [-0.3, -0.25) is 9.59 Å². The zero-order valence-corrected chi connectivity index (χ0v) is 17.9. The molecular weight excluding hydrogens is 392 g/mol. The Balaban J connectivity index is 2.04. The molecule has 0 N–H and O–H groups in total. The predicted octanol–water partition coefficient (Wildman–Crippen LogP) is 3.88. The lowest BCUT2D eigenvalue weighted by atomic mass is 10.0. The van der Waals surface area contributed by atoms with Crippen molar-refractivity contribution in [3.63, 3.8) is 0 Å². The summed E-state index contributed by atoms with van der Waals surface area (Å²) in [7, 11) is 1.35. The minimum Gasteiger partial charge on any atom is -0.468 e. The molecule has 0 radical (unpaired) electrons. The highest BCUT2D eigenvalue weighted by Crippen LogP contribution is 2.24. The number of esters is 1. The molecule has 3 rings (SSSR count). The molecule has 2 aromatic carbocycles. The van der Waals surface area contributed by atoms with Gasteiger partial charge in [-0.2, -0.15) is 4.99 Å². The van der Waals surface area contributed by atoms with Crippen molar-refractivity contribution in [2.45, 2.75) is 31.7 Å². The van der Waals surface area contributed by atoms with E-state index in [1.807, 2.05) is 56.5 Å². The summed E-state index contributed by atoms with van der Waals surface area (Å²) in [6.07, 6.45) is 2.24. The number of ether oxygens (including phenoxy) is 1. The SMILES string of the molecule is COC(=O)Cn1c(=NC(=O)Cc2cc(C)ccc2C)sc2cc(SC)ccc21. The standard InChI is InChI=1S/C21H22N2O3S2/c1-13-5-6-14(2)15(9-13)10-19(24)22-21-23(12-20(25)26-3)17-8-7-16(27-4)11-18(17)28-21/h5-9,11H,10,12H2,1-4H3. The molecule has 0 fully saturated rings. The number of fused-ring (bicyclic) bond motifs is 1. The van der Waals surface area contributed by atoms with Crippen LogP contribution >= 0.6 is 23.1 Å². The monoisotopic (exact) mass is 414 g/mol. The van der Waals surface area contributed by atoms with Gasteiger partial charge < -0.3 is 9.30 Å². The van der Waals surface area contributed by atoms with Crippen LogP contribution < -0.4 is 4.80 Å². The van der Waals surface area contributed by atoms with Crippen LogP contribution in [0.1, 0.15) is 16.7 Å². The van der Waals surface area contributed by atoms with E-state index in [-0.39, 0.29) is 24.8 Å². The molecular formula is C21H22N2O3S2. The van der Waals surface area contributed by atoms with E-state index < -0.39 is 0 Å². The third-order valence-corrected chi connectivity index (χ3v) is 6.24. The molecule has 1 heterocycles. The number of amides is 1. The van der Waals surface area contributed by atoms with Crippen molar-refractivity contribution >= 4 is 45.2 Å². The van der Waals surface area contributed by atoms with E-state index in [0.29, 0.717) is 4.80 Å². The van der Waals surface area contributed by atoms with Crippen molar-refractivity contribution in [2.24, 2.45) is 4.99 Å². The Labute approximate surface area is 172 Å². The van der Waals surface area contributed by atoms with E-state index in [0.717, 1.165) is 31.8 Å². The number of thioether (sulfide) groups is 1. The fourth-order valence-corrected chi connectivity index (χ4v) is 4.51. The highest BCUT2D eigenvalue weighted by atomic mass is 32.2. The van der Waals surface area contributed by atoms with E-state index in [1.165, 1.54) is 18.4 Å². The fourth-order valence-electron chi connectivity index (χ4n) is 2.91. The summed E-state index contributed by atoms with van der Waals surface area (Å²) in [5.41, 5.74) is 4.02. The fraction of sp³-hybridized carbons (Fsp3) is 0.286. The first-order valence-corrected chi connectivity index (χ1v) is 10.8. The molecule has 5 nitrogen and oxygen atoms in total. The summed E-state index contributed by atoms with van der Waals surface area (Å²) in [6, 6.07) is 12.1. The lowest BCUT2D eigenvalue weighted by Crippen LogP contribution is -2.22. The van der Waals surface area contributed by atoms with Crippen LogP contribution in [0.3, 0.4) is 0 Å². The van der Waals surface area contributed by atoms with Crippen molar-refractivity contribution in [1.29, 1.82) is 0 Å². The minimum absolute atomic E-state index is 0.0186. The number of hydrogen-bond donors (Lipinski definition) is 0. The first-order chi connectivity index (χ1) is 13.4. The number of carbonyl (C=O) groups is 2. The van der Waals surface area contributed by atoms with Crippen LogP contribution in [0.4, 0.5) is 0 Å². The van der Waals surface area contributed by atoms with E-state index in [2.05, 4.69) is 4.99 Å². The van der Waals surface area contributed by atoms with Gasteiger partial charge in [-0.25, -0.2) is 0 Å². The van der Waals surface area contributed by atoms with Gasteiger partial charge in [0, 0.05) is 4.90 Å². The first-order valence-electron chi connectivity index (χ1n) is 8.79. The van der Waals surface area contributed by atoms with Crippen LogP contribution in [0.15, 0.2) is 46.3 Å². The number of aryl methyl sites for hydroxylation is 2. The van der Waals surface area contributed by atoms with Crippen molar-refractivity contribution in [3.05, 3.63) is 57.9 Å². The predicted molar refractivity (Wildman–Crippen MR) is 114 cm³/mol. The molecule has 28 heavy (non-hydrogen) atoms. The Morgan fingerprint density at radius 2 is 1.96 bits per heavy atom. The average molecular weight is 415 g/mol. The molecule has 0 saturated heterocycles. The maximum Gasteiger partial charge on any atom is 0.325 e. The van der Waals surface area contributed by atoms with Crippen molar-refractivity contribution in [2.75, 3.05) is 13.4 Å². The van der Waals surface area contributed by atoms with Crippen LogP contribution in [-0.2, 0) is 27.3 Å². The van der Waals surface area contributed by atoms with E-state index >= 15 is 0 Å². The molecule has 0 atom stereocenters. The number of thiazole rings is 1. The number of methoxy groups -OCH3 is 1. The smallest absolute Gasteiger partial charge is 0.325 e. The molecule has 146 valence electrons. The van der Waals surface area contributed by atoms with Gasteiger partial charge in [0.2, 0.25) is 0 Å². The molecule has 0 saturated carbocycles. The van der Waals surface area contributed by atoms with Crippen LogP contribution in [0, 0.1) is 13.8 Å². The van der Waals surface area contributed by atoms with Crippen LogP contribution in [0.25, 0.3) is 10.2 Å². The zero-order valence-electron chi connectivity index (χ0n) is 16.3. The molecule has 0 unspecified atom stereocenters. The Kier molecular flexibility index (Phi) is 6.36. The van der Waals surface area contributed by atoms with Gasteiger partial charge in [0.1, 0.15) is 6.54 Å². The number of rotatable bonds is 5. The van der Waals surface area contributed by atoms with Crippen LogP contribution in [0.5, 0.6) is 0 Å². The Morgan fingerprint density at radius 1 is 1.18 bits per heavy atom. The number of aromatic nitrogens is 1. The summed E-state index contributed by atoms with van der Waals surface area (Å²) in [6.45, 7) is 4.01. The molecule has 0 spiro atoms. The van der Waals surface area contributed by atoms with E-state index in [9.17, 15) is 9.59 Å². The van der Waals surface area contributed by atoms with Gasteiger partial charge in [0.25, 0.3) is 5.91 Å². The van der Waals surface area contributed by atoms with Crippen LogP contribution in [-0.4, -0.2) is 29.8 Å². The Bertz CT molecular complexity index is 1110. The minimum atomic E-state index is -0.378. The second kappa shape index (κ2) is 8.75. The molecule has 1 amide bonds. The normalized spacial score (nSPS) is 11.8. The van der Waals surface area contributed by atoms with Crippen molar-refractivity contribution < 1.29 is 14.3 Å². The van der Waals surface area contributed by atoms with Crippen molar-refractivity contribution in [1.82, 2.24) is 4.57 Å². The number of hydrogen-bond acceptors (Lipinski definition) is 5. The molecule has 0 aliphatic carbocycles. The first kappa shape index (κ1) is 20.4. The third-order valence-electron chi connectivity index (χ3n) is 4.47. The summed E-state index contributed by atoms with van der Waals surface area (Å²) in [4.78, 5) is 30.5.